The molecule has 0 aromatic heterocycles. The van der Waals surface area contributed by atoms with Crippen molar-refractivity contribution in [3.8, 4) is 0 Å². The Hall–Kier alpha value is -1.57. The third-order valence-electron chi connectivity index (χ3n) is 2.32. The third-order valence-corrected chi connectivity index (χ3v) is 3.48. The van der Waals surface area contributed by atoms with Crippen LogP contribution >= 0.6 is 22.6 Å². The van der Waals surface area contributed by atoms with Crippen LogP contribution in [-0.4, -0.2) is 26.2 Å². The van der Waals surface area contributed by atoms with Crippen LogP contribution in [0.25, 0.3) is 0 Å². The number of nitrogens with one attached hydrogen (secondary N) is 1. The Bertz CT molecular complexity index is 525. The van der Waals surface area contributed by atoms with Gasteiger partial charge in [0.2, 0.25) is 0 Å². The number of hydrogen-bond donors (Lipinski definition) is 1. The summed E-state index contributed by atoms with van der Waals surface area (Å²) < 4.78 is 10.1. The Balaban J connectivity index is 3.00. The molecular weight excluding hydrogens is 361 g/mol. The zero-order chi connectivity index (χ0) is 14.4. The van der Waals surface area contributed by atoms with Crippen molar-refractivity contribution in [1.82, 2.24) is 0 Å². The molecule has 0 fully saturated rings. The maximum absolute atomic E-state index is 11.6. The lowest BCUT2D eigenvalue weighted by atomic mass is 10.2. The van der Waals surface area contributed by atoms with Gasteiger partial charge < -0.3 is 14.8 Å². The number of rotatable bonds is 4. The van der Waals surface area contributed by atoms with Crippen molar-refractivity contribution < 1.29 is 19.1 Å². The zero-order valence-corrected chi connectivity index (χ0v) is 13.0. The summed E-state index contributed by atoms with van der Waals surface area (Å²) in [5.74, 6) is -1.27. The Morgan fingerprint density at radius 3 is 2.47 bits per heavy atom. The van der Waals surface area contributed by atoms with E-state index in [1.807, 2.05) is 25.1 Å². The standard InChI is InChI=1S/C13H14INO4/c1-8-4-5-9(6-10(8)14)15-11(13(17)19-3)7-12(16)18-2/h4-7,15H,1-3H3/b11-7+. The van der Waals surface area contributed by atoms with Gasteiger partial charge in [-0.2, -0.15) is 0 Å². The average Bonchev–Trinajstić information content (AvgIpc) is 2.41. The summed E-state index contributed by atoms with van der Waals surface area (Å²) in [5.41, 5.74) is 1.84. The second-order valence-corrected chi connectivity index (χ2v) is 4.82. The third kappa shape index (κ3) is 4.55. The molecule has 0 radical (unpaired) electrons. The molecule has 0 aliphatic rings. The van der Waals surface area contributed by atoms with Crippen LogP contribution in [0.1, 0.15) is 5.56 Å². The highest BCUT2D eigenvalue weighted by Gasteiger charge is 2.13. The molecule has 0 aliphatic carbocycles. The number of carbonyl (C=O) groups excluding carboxylic acids is 2. The van der Waals surface area contributed by atoms with E-state index in [9.17, 15) is 9.59 Å². The van der Waals surface area contributed by atoms with Gasteiger partial charge in [0.15, 0.2) is 0 Å². The minimum Gasteiger partial charge on any atom is -0.466 e. The Morgan fingerprint density at radius 1 is 1.26 bits per heavy atom. The van der Waals surface area contributed by atoms with Crippen molar-refractivity contribution in [2.75, 3.05) is 19.5 Å². The van der Waals surface area contributed by atoms with Gasteiger partial charge in [-0.05, 0) is 47.2 Å². The number of carbonyl (C=O) groups is 2. The normalized spacial score (nSPS) is 10.8. The number of anilines is 1. The maximum Gasteiger partial charge on any atom is 0.354 e. The molecule has 0 unspecified atom stereocenters. The van der Waals surface area contributed by atoms with E-state index in [0.29, 0.717) is 5.69 Å². The summed E-state index contributed by atoms with van der Waals surface area (Å²) in [6.45, 7) is 1.98. The van der Waals surface area contributed by atoms with E-state index in [1.165, 1.54) is 14.2 Å². The topological polar surface area (TPSA) is 64.6 Å². The number of methoxy groups -OCH3 is 2. The quantitative estimate of drug-likeness (QED) is 0.497. The van der Waals surface area contributed by atoms with Crippen LogP contribution < -0.4 is 5.32 Å². The average molecular weight is 375 g/mol. The molecular formula is C13H14INO4. The van der Waals surface area contributed by atoms with E-state index < -0.39 is 11.9 Å². The van der Waals surface area contributed by atoms with Crippen molar-refractivity contribution in [1.29, 1.82) is 0 Å². The molecule has 6 heteroatoms. The van der Waals surface area contributed by atoms with Crippen LogP contribution in [0.2, 0.25) is 0 Å². The Morgan fingerprint density at radius 2 is 1.95 bits per heavy atom. The molecule has 0 saturated heterocycles. The van der Waals surface area contributed by atoms with E-state index in [1.54, 1.807) is 0 Å². The lowest BCUT2D eigenvalue weighted by Crippen LogP contribution is -2.15. The van der Waals surface area contributed by atoms with Gasteiger partial charge in [0.1, 0.15) is 5.70 Å². The predicted molar refractivity (Wildman–Crippen MR) is 79.6 cm³/mol. The van der Waals surface area contributed by atoms with E-state index in [0.717, 1.165) is 15.2 Å². The minimum absolute atomic E-state index is 0.0222. The van der Waals surface area contributed by atoms with Gasteiger partial charge >= 0.3 is 11.9 Å². The van der Waals surface area contributed by atoms with Crippen LogP contribution in [-0.2, 0) is 19.1 Å². The van der Waals surface area contributed by atoms with Crippen LogP contribution in [0.5, 0.6) is 0 Å². The summed E-state index contributed by atoms with van der Waals surface area (Å²) in [4.78, 5) is 22.8. The number of benzene rings is 1. The molecule has 0 bridgehead atoms. The van der Waals surface area contributed by atoms with Gasteiger partial charge in [-0.1, -0.05) is 6.07 Å². The highest BCUT2D eigenvalue weighted by Crippen LogP contribution is 2.18. The highest BCUT2D eigenvalue weighted by atomic mass is 127. The van der Waals surface area contributed by atoms with E-state index in [4.69, 9.17) is 0 Å². The Kier molecular flexibility index (Phi) is 5.81. The lowest BCUT2D eigenvalue weighted by Gasteiger charge is -2.10. The van der Waals surface area contributed by atoms with Crippen molar-refractivity contribution in [3.63, 3.8) is 0 Å². The predicted octanol–water partition coefficient (Wildman–Crippen LogP) is 2.24. The lowest BCUT2D eigenvalue weighted by molar-refractivity contribution is -0.138. The monoisotopic (exact) mass is 375 g/mol. The maximum atomic E-state index is 11.6. The highest BCUT2D eigenvalue weighted by molar-refractivity contribution is 14.1. The fraction of sp³-hybridized carbons (Fsp3) is 0.231. The van der Waals surface area contributed by atoms with Gasteiger partial charge in [-0.15, -0.1) is 0 Å². The van der Waals surface area contributed by atoms with Crippen molar-refractivity contribution in [2.45, 2.75) is 6.92 Å². The summed E-state index contributed by atoms with van der Waals surface area (Å²) in [6.07, 6.45) is 1.05. The van der Waals surface area contributed by atoms with Crippen molar-refractivity contribution in [2.24, 2.45) is 0 Å². The van der Waals surface area contributed by atoms with Crippen LogP contribution in [0.15, 0.2) is 30.0 Å². The van der Waals surface area contributed by atoms with Gasteiger partial charge in [0.25, 0.3) is 0 Å². The van der Waals surface area contributed by atoms with E-state index in [-0.39, 0.29) is 5.70 Å². The Labute approximate surface area is 125 Å². The fourth-order valence-corrected chi connectivity index (χ4v) is 1.77. The molecule has 1 N–H and O–H groups in total. The van der Waals surface area contributed by atoms with Crippen LogP contribution in [0.3, 0.4) is 0 Å². The molecule has 1 rings (SSSR count). The number of halogens is 1. The second-order valence-electron chi connectivity index (χ2n) is 3.66. The number of hydrogen-bond acceptors (Lipinski definition) is 5. The number of ether oxygens (including phenoxy) is 2. The fourth-order valence-electron chi connectivity index (χ4n) is 1.26. The molecule has 0 amide bonds. The van der Waals surface area contributed by atoms with Gasteiger partial charge in [-0.3, -0.25) is 0 Å². The van der Waals surface area contributed by atoms with Gasteiger partial charge in [0.05, 0.1) is 20.3 Å². The van der Waals surface area contributed by atoms with Gasteiger partial charge in [-0.25, -0.2) is 9.59 Å². The molecule has 0 heterocycles. The molecule has 0 atom stereocenters. The molecule has 1 aromatic rings. The smallest absolute Gasteiger partial charge is 0.354 e. The van der Waals surface area contributed by atoms with Crippen molar-refractivity contribution >= 4 is 40.2 Å². The summed E-state index contributed by atoms with van der Waals surface area (Å²) >= 11 is 2.19. The van der Waals surface area contributed by atoms with Crippen LogP contribution in [0, 0.1) is 10.5 Å². The summed E-state index contributed by atoms with van der Waals surface area (Å²) in [5, 5.41) is 2.84. The molecule has 102 valence electrons. The SMILES string of the molecule is COC(=O)/C=C(/Nc1ccc(C)c(I)c1)C(=O)OC. The van der Waals surface area contributed by atoms with Gasteiger partial charge in [0, 0.05) is 9.26 Å². The largest absolute Gasteiger partial charge is 0.466 e. The number of aryl methyl sites for hydroxylation is 1. The minimum atomic E-state index is -0.638. The summed E-state index contributed by atoms with van der Waals surface area (Å²) in [6, 6.07) is 5.59. The summed E-state index contributed by atoms with van der Waals surface area (Å²) in [7, 11) is 2.48. The van der Waals surface area contributed by atoms with Crippen molar-refractivity contribution in [3.05, 3.63) is 39.1 Å². The molecule has 0 saturated carbocycles. The van der Waals surface area contributed by atoms with E-state index in [2.05, 4.69) is 37.4 Å². The first-order valence-corrected chi connectivity index (χ1v) is 6.47. The molecule has 1 aromatic carbocycles. The first-order valence-electron chi connectivity index (χ1n) is 5.39. The molecule has 0 aliphatic heterocycles. The zero-order valence-electron chi connectivity index (χ0n) is 10.8. The number of esters is 2. The second kappa shape index (κ2) is 7.13. The molecule has 0 spiro atoms. The first-order chi connectivity index (χ1) is 8.97. The van der Waals surface area contributed by atoms with E-state index >= 15 is 0 Å². The molecule has 19 heavy (non-hydrogen) atoms. The first kappa shape index (κ1) is 15.5. The molecule has 5 nitrogen and oxygen atoms in total. The van der Waals surface area contributed by atoms with Crippen LogP contribution in [0.4, 0.5) is 5.69 Å².